The number of pyridine rings is 2. The molecule has 2 aliphatic heterocycles. The number of nitrogens with zero attached hydrogens (tertiary/aromatic N) is 4. The third-order valence-corrected chi connectivity index (χ3v) is 20.4. The molecule has 2 aromatic heterocycles. The number of aromatic carboxylic acids is 1. The van der Waals surface area contributed by atoms with Gasteiger partial charge < -0.3 is 37.0 Å². The molecular formula is C90H106N8O7. The fourth-order valence-electron chi connectivity index (χ4n) is 14.5. The van der Waals surface area contributed by atoms with Gasteiger partial charge in [-0.05, 0) is 211 Å². The SMILES string of the molecule is NC(Cc1ccccc1)[C@@H](O)CN1CCCC(C(=O)NC(CCCc2ccccc2)CCCc2ccccc2)C1.O=C(NC(Cc1ccccc1)[C@@H](O)CN1CCCC(C(=O)NC(CCCc2ccccc2)CCCc2ccccc2)C1)c1ccc2ncccc2c1.O=C(O)c1ccc2ncccc2c1. The van der Waals surface area contributed by atoms with Crippen molar-refractivity contribution in [2.24, 2.45) is 17.6 Å². The summed E-state index contributed by atoms with van der Waals surface area (Å²) >= 11 is 0. The molecule has 0 spiro atoms. The Balaban J connectivity index is 0.000000196. The van der Waals surface area contributed by atoms with Gasteiger partial charge in [-0.25, -0.2) is 4.79 Å². The largest absolute Gasteiger partial charge is 0.478 e. The molecule has 2 saturated heterocycles. The Bertz CT molecular complexity index is 4110. The van der Waals surface area contributed by atoms with Gasteiger partial charge in [-0.1, -0.05) is 194 Å². The van der Waals surface area contributed by atoms with Crippen LogP contribution >= 0.6 is 0 Å². The van der Waals surface area contributed by atoms with Crippen LogP contribution in [0, 0.1) is 11.8 Å². The van der Waals surface area contributed by atoms with E-state index in [4.69, 9.17) is 10.8 Å². The third kappa shape index (κ3) is 26.4. The van der Waals surface area contributed by atoms with Gasteiger partial charge in [0.25, 0.3) is 5.91 Å². The Hall–Kier alpha value is -9.74. The maximum Gasteiger partial charge on any atom is 0.335 e. The maximum atomic E-state index is 13.8. The number of β-amino-alcohol motifs (C(OH)–C–C–N with tert-alkyl or cyclic N) is 2. The van der Waals surface area contributed by atoms with Crippen LogP contribution < -0.4 is 21.7 Å². The second-order valence-corrected chi connectivity index (χ2v) is 28.5. The van der Waals surface area contributed by atoms with Crippen molar-refractivity contribution in [3.05, 3.63) is 300 Å². The summed E-state index contributed by atoms with van der Waals surface area (Å²) in [5, 5.41) is 43.0. The van der Waals surface area contributed by atoms with Crippen molar-refractivity contribution in [1.82, 2.24) is 35.7 Å². The summed E-state index contributed by atoms with van der Waals surface area (Å²) in [4.78, 5) is 64.3. The Morgan fingerprint density at radius 3 is 1.19 bits per heavy atom. The molecule has 0 radical (unpaired) electrons. The van der Waals surface area contributed by atoms with E-state index in [1.54, 1.807) is 42.7 Å². The van der Waals surface area contributed by atoms with Crippen molar-refractivity contribution in [3.63, 3.8) is 0 Å². The molecule has 4 heterocycles. The first-order chi connectivity index (χ1) is 51.3. The van der Waals surface area contributed by atoms with Crippen LogP contribution in [0.15, 0.2) is 255 Å². The fourth-order valence-corrected chi connectivity index (χ4v) is 14.5. The van der Waals surface area contributed by atoms with E-state index in [-0.39, 0.29) is 47.7 Å². The van der Waals surface area contributed by atoms with E-state index in [1.807, 2.05) is 103 Å². The smallest absolute Gasteiger partial charge is 0.335 e. The Labute approximate surface area is 620 Å². The molecule has 8 aromatic carbocycles. The number of likely N-dealkylation sites (tertiary alicyclic amines) is 2. The predicted octanol–water partition coefficient (Wildman–Crippen LogP) is 14.3. The maximum absolute atomic E-state index is 13.8. The number of rotatable bonds is 33. The van der Waals surface area contributed by atoms with Gasteiger partial charge in [-0.15, -0.1) is 0 Å². The molecule has 15 nitrogen and oxygen atoms in total. The molecule has 2 aliphatic rings. The summed E-state index contributed by atoms with van der Waals surface area (Å²) in [5.41, 5.74) is 16.3. The van der Waals surface area contributed by atoms with Crippen LogP contribution in [0.4, 0.5) is 0 Å². The average Bonchev–Trinajstić information content (AvgIpc) is 0.830. The number of aryl methyl sites for hydroxylation is 4. The highest BCUT2D eigenvalue weighted by atomic mass is 16.4. The van der Waals surface area contributed by atoms with Crippen molar-refractivity contribution in [3.8, 4) is 0 Å². The van der Waals surface area contributed by atoms with Gasteiger partial charge in [0.05, 0.1) is 46.7 Å². The summed E-state index contributed by atoms with van der Waals surface area (Å²) in [6.07, 6.45) is 18.8. The number of carboxylic acids is 1. The number of aliphatic hydroxyl groups is 2. The first-order valence-electron chi connectivity index (χ1n) is 38.0. The predicted molar refractivity (Wildman–Crippen MR) is 422 cm³/mol. The van der Waals surface area contributed by atoms with Crippen LogP contribution in [0.5, 0.6) is 0 Å². The van der Waals surface area contributed by atoms with Crippen LogP contribution in [0.1, 0.15) is 131 Å². The normalized spacial score (nSPS) is 15.8. The zero-order valence-electron chi connectivity index (χ0n) is 60.7. The van der Waals surface area contributed by atoms with Gasteiger partial charge in [0.1, 0.15) is 0 Å². The third-order valence-electron chi connectivity index (χ3n) is 20.4. The lowest BCUT2D eigenvalue weighted by Crippen LogP contribution is -2.52. The molecule has 3 amide bonds. The average molecular weight is 1410 g/mol. The number of aliphatic hydroxyl groups excluding tert-OH is 2. The highest BCUT2D eigenvalue weighted by Crippen LogP contribution is 2.24. The molecule has 0 bridgehead atoms. The van der Waals surface area contributed by atoms with Gasteiger partial charge in [-0.2, -0.15) is 0 Å². The Kier molecular flexibility index (Phi) is 31.3. The van der Waals surface area contributed by atoms with E-state index in [0.717, 1.165) is 149 Å². The standard InChI is InChI=1S/C45H52N4O3.C35H47N3O2.C10H7NO2/c50-43(42(30-36-18-8-3-9-19-36)48-44(51)38-26-27-41-37(31-38)22-12-28-46-41)33-49-29-13-23-39(32-49)45(52)47-40(24-10-20-34-14-4-1-5-15-34)25-11-21-35-16-6-2-7-17-35;36-33(25-30-17-8-3-9-18-30)34(39)27-38-24-12-21-31(26-38)35(40)37-32(22-10-19-28-13-4-1-5-14-28)23-11-20-29-15-6-2-7-16-29;12-10(13)8-3-4-9-7(6-8)2-1-5-11-9/h1-9,12,14-19,22,26-28,31,39-40,42-43,50H,10-11,13,20-21,23-25,29-30,32-33H2,(H,47,52)(H,48,51);1-9,13-18,31-34,39H,10-12,19-27,36H2,(H,37,40);1-6H,(H,12,13)/t39?,42?,43-;31?,33?,34-;/m00./s1. The van der Waals surface area contributed by atoms with Gasteiger partial charge >= 0.3 is 5.97 Å². The number of fused-ring (bicyclic) bond motifs is 2. The molecule has 548 valence electrons. The number of aromatic nitrogens is 2. The van der Waals surface area contributed by atoms with Gasteiger partial charge in [-0.3, -0.25) is 34.2 Å². The van der Waals surface area contributed by atoms with E-state index in [9.17, 15) is 29.4 Å². The van der Waals surface area contributed by atoms with Crippen molar-refractivity contribution in [1.29, 1.82) is 0 Å². The van der Waals surface area contributed by atoms with E-state index in [1.165, 1.54) is 22.3 Å². The van der Waals surface area contributed by atoms with Crippen LogP contribution in [0.3, 0.4) is 0 Å². The molecule has 15 heteroatoms. The zero-order chi connectivity index (χ0) is 73.2. The number of nitrogens with two attached hydrogens (primary N) is 1. The van der Waals surface area contributed by atoms with Gasteiger partial charge in [0, 0.05) is 73.0 Å². The Morgan fingerprint density at radius 1 is 0.429 bits per heavy atom. The number of hydrogen-bond donors (Lipinski definition) is 7. The molecule has 6 atom stereocenters. The van der Waals surface area contributed by atoms with Gasteiger partial charge in [0.2, 0.25) is 11.8 Å². The van der Waals surface area contributed by atoms with Crippen molar-refractivity contribution >= 4 is 45.5 Å². The lowest BCUT2D eigenvalue weighted by molar-refractivity contribution is -0.128. The number of benzene rings is 8. The number of carboxylic acid groups (broad SMARTS) is 1. The molecular weight excluding hydrogens is 1310 g/mol. The van der Waals surface area contributed by atoms with E-state index in [2.05, 4.69) is 145 Å². The second-order valence-electron chi connectivity index (χ2n) is 28.5. The first-order valence-corrected chi connectivity index (χ1v) is 38.0. The highest BCUT2D eigenvalue weighted by Gasteiger charge is 2.32. The topological polar surface area (TPSA) is 223 Å². The highest BCUT2D eigenvalue weighted by molar-refractivity contribution is 5.98. The Morgan fingerprint density at radius 2 is 0.790 bits per heavy atom. The minimum Gasteiger partial charge on any atom is -0.478 e. The zero-order valence-corrected chi connectivity index (χ0v) is 60.7. The summed E-state index contributed by atoms with van der Waals surface area (Å²) in [6.45, 7) is 3.86. The fraction of sp³-hybridized carbons (Fsp3) is 0.356. The lowest BCUT2D eigenvalue weighted by Gasteiger charge is -2.36. The van der Waals surface area contributed by atoms with Crippen molar-refractivity contribution < 1.29 is 34.5 Å². The van der Waals surface area contributed by atoms with Gasteiger partial charge in [0.15, 0.2) is 0 Å². The van der Waals surface area contributed by atoms with Crippen molar-refractivity contribution in [2.45, 2.75) is 152 Å². The molecule has 105 heavy (non-hydrogen) atoms. The monoisotopic (exact) mass is 1410 g/mol. The van der Waals surface area contributed by atoms with E-state index < -0.39 is 24.2 Å². The van der Waals surface area contributed by atoms with Crippen LogP contribution in [0.2, 0.25) is 0 Å². The summed E-state index contributed by atoms with van der Waals surface area (Å²) < 4.78 is 0. The molecule has 8 N–H and O–H groups in total. The first kappa shape index (κ1) is 77.9. The van der Waals surface area contributed by atoms with E-state index >= 15 is 0 Å². The number of piperidine rings is 2. The summed E-state index contributed by atoms with van der Waals surface area (Å²) in [5.74, 6) is -1.05. The molecule has 12 rings (SSSR count). The molecule has 0 aliphatic carbocycles. The minimum atomic E-state index is -0.911. The second kappa shape index (κ2) is 42.3. The summed E-state index contributed by atoms with van der Waals surface area (Å²) in [6, 6.07) is 79.6. The number of carbonyl (C=O) groups excluding carboxylic acids is 3. The van der Waals surface area contributed by atoms with E-state index in [0.29, 0.717) is 50.1 Å². The number of amides is 3. The molecule has 0 saturated carbocycles. The van der Waals surface area contributed by atoms with Crippen LogP contribution in [-0.2, 0) is 48.1 Å². The number of carbonyl (C=O) groups is 4. The minimum absolute atomic E-state index is 0.0444. The van der Waals surface area contributed by atoms with Crippen molar-refractivity contribution in [2.75, 3.05) is 39.3 Å². The molecule has 2 fully saturated rings. The number of hydrogen-bond acceptors (Lipinski definition) is 11. The molecule has 10 aromatic rings. The quantitative estimate of drug-likeness (QED) is 0.0204. The van der Waals surface area contributed by atoms with Crippen LogP contribution in [0.25, 0.3) is 21.8 Å². The summed E-state index contributed by atoms with van der Waals surface area (Å²) in [7, 11) is 0. The number of nitrogens with one attached hydrogen (secondary N) is 3. The van der Waals surface area contributed by atoms with Crippen LogP contribution in [-0.4, -0.2) is 134 Å². The lowest BCUT2D eigenvalue weighted by atomic mass is 9.94. The molecule has 4 unspecified atom stereocenters.